The van der Waals surface area contributed by atoms with Gasteiger partial charge in [-0.1, -0.05) is 25.7 Å². The monoisotopic (exact) mass is 296 g/mol. The van der Waals surface area contributed by atoms with Gasteiger partial charge in [-0.05, 0) is 12.8 Å². The molecule has 0 N–H and O–H groups in total. The summed E-state index contributed by atoms with van der Waals surface area (Å²) in [6.45, 7) is 1.75. The standard InChI is InChI=1S/C12H21ClO4S/c13-18(14,15)10-12(5-3-1-2-4-6-12)9-17-11-7-16-8-11/h11H,1-10H2. The van der Waals surface area contributed by atoms with Gasteiger partial charge >= 0.3 is 0 Å². The SMILES string of the molecule is O=S(=O)(Cl)CC1(COC2COC2)CCCCCC1. The molecular formula is C12H21ClO4S. The molecule has 1 aliphatic heterocycles. The number of hydrogen-bond donors (Lipinski definition) is 0. The molecule has 1 saturated heterocycles. The van der Waals surface area contributed by atoms with Crippen LogP contribution in [-0.2, 0) is 18.5 Å². The molecule has 2 fully saturated rings. The molecule has 1 aliphatic carbocycles. The maximum Gasteiger partial charge on any atom is 0.233 e. The van der Waals surface area contributed by atoms with Crippen molar-refractivity contribution in [3.05, 3.63) is 0 Å². The van der Waals surface area contributed by atoms with Gasteiger partial charge in [-0.3, -0.25) is 0 Å². The van der Waals surface area contributed by atoms with E-state index in [-0.39, 0.29) is 17.3 Å². The molecule has 4 nitrogen and oxygen atoms in total. The van der Waals surface area contributed by atoms with Crippen LogP contribution in [0.4, 0.5) is 0 Å². The van der Waals surface area contributed by atoms with Gasteiger partial charge in [-0.25, -0.2) is 8.42 Å². The van der Waals surface area contributed by atoms with Gasteiger partial charge in [0.05, 0.1) is 25.6 Å². The Bertz CT molecular complexity index is 356. The van der Waals surface area contributed by atoms with Crippen LogP contribution in [0.1, 0.15) is 38.5 Å². The molecule has 0 aromatic heterocycles. The van der Waals surface area contributed by atoms with Gasteiger partial charge in [0.15, 0.2) is 0 Å². The first-order valence-corrected chi connectivity index (χ1v) is 9.09. The molecule has 0 amide bonds. The van der Waals surface area contributed by atoms with Crippen molar-refractivity contribution in [1.82, 2.24) is 0 Å². The van der Waals surface area contributed by atoms with E-state index in [0.29, 0.717) is 19.8 Å². The topological polar surface area (TPSA) is 52.6 Å². The molecule has 1 saturated carbocycles. The summed E-state index contributed by atoms with van der Waals surface area (Å²) in [6, 6.07) is 0. The molecule has 0 unspecified atom stereocenters. The fraction of sp³-hybridized carbons (Fsp3) is 1.00. The molecule has 1 heterocycles. The summed E-state index contributed by atoms with van der Waals surface area (Å²) < 4.78 is 33.7. The van der Waals surface area contributed by atoms with Gasteiger partial charge < -0.3 is 9.47 Å². The first-order chi connectivity index (χ1) is 8.49. The van der Waals surface area contributed by atoms with E-state index < -0.39 is 9.05 Å². The molecule has 0 atom stereocenters. The molecule has 0 bridgehead atoms. The Morgan fingerprint density at radius 3 is 2.22 bits per heavy atom. The van der Waals surface area contributed by atoms with Gasteiger partial charge in [0.1, 0.15) is 6.10 Å². The highest BCUT2D eigenvalue weighted by atomic mass is 35.7. The van der Waals surface area contributed by atoms with Crippen molar-refractivity contribution in [3.8, 4) is 0 Å². The van der Waals surface area contributed by atoms with E-state index in [0.717, 1.165) is 25.7 Å². The predicted octanol–water partition coefficient (Wildman–Crippen LogP) is 2.31. The lowest BCUT2D eigenvalue weighted by atomic mass is 9.83. The molecule has 106 valence electrons. The van der Waals surface area contributed by atoms with E-state index in [4.69, 9.17) is 20.2 Å². The van der Waals surface area contributed by atoms with Crippen molar-refractivity contribution >= 4 is 19.7 Å². The van der Waals surface area contributed by atoms with Crippen molar-refractivity contribution in [1.29, 1.82) is 0 Å². The van der Waals surface area contributed by atoms with Gasteiger partial charge in [-0.15, -0.1) is 0 Å². The normalized spacial score (nSPS) is 25.4. The molecule has 0 aromatic rings. The van der Waals surface area contributed by atoms with Gasteiger partial charge in [-0.2, -0.15) is 0 Å². The fourth-order valence-corrected chi connectivity index (χ4v) is 4.58. The highest BCUT2D eigenvalue weighted by Gasteiger charge is 2.37. The summed E-state index contributed by atoms with van der Waals surface area (Å²) in [5, 5.41) is 0. The Morgan fingerprint density at radius 2 is 1.78 bits per heavy atom. The van der Waals surface area contributed by atoms with E-state index in [2.05, 4.69) is 0 Å². The lowest BCUT2D eigenvalue weighted by molar-refractivity contribution is -0.145. The van der Waals surface area contributed by atoms with Crippen LogP contribution in [0.25, 0.3) is 0 Å². The lowest BCUT2D eigenvalue weighted by Crippen LogP contribution is -2.41. The second kappa shape index (κ2) is 6.07. The van der Waals surface area contributed by atoms with Crippen molar-refractivity contribution < 1.29 is 17.9 Å². The van der Waals surface area contributed by atoms with Gasteiger partial charge in [0.25, 0.3) is 0 Å². The number of halogens is 1. The smallest absolute Gasteiger partial charge is 0.233 e. The number of rotatable bonds is 5. The minimum atomic E-state index is -3.47. The quantitative estimate of drug-likeness (QED) is 0.577. The Kier molecular flexibility index (Phi) is 4.92. The van der Waals surface area contributed by atoms with Gasteiger partial charge in [0, 0.05) is 16.1 Å². The van der Waals surface area contributed by atoms with Crippen LogP contribution < -0.4 is 0 Å². The molecule has 2 rings (SSSR count). The highest BCUT2D eigenvalue weighted by Crippen LogP contribution is 2.38. The third kappa shape index (κ3) is 4.37. The van der Waals surface area contributed by atoms with Crippen LogP contribution in [0, 0.1) is 5.41 Å². The van der Waals surface area contributed by atoms with E-state index in [1.54, 1.807) is 0 Å². The first kappa shape index (κ1) is 14.6. The average Bonchev–Trinajstić information content (AvgIpc) is 2.39. The largest absolute Gasteiger partial charge is 0.376 e. The van der Waals surface area contributed by atoms with Crippen molar-refractivity contribution in [2.45, 2.75) is 44.6 Å². The minimum absolute atomic E-state index is 0.0368. The zero-order valence-electron chi connectivity index (χ0n) is 10.6. The summed E-state index contributed by atoms with van der Waals surface area (Å²) in [5.41, 5.74) is -0.285. The lowest BCUT2D eigenvalue weighted by Gasteiger charge is -2.35. The van der Waals surface area contributed by atoms with Gasteiger partial charge in [0.2, 0.25) is 9.05 Å². The summed E-state index contributed by atoms with van der Waals surface area (Å²) in [6.07, 6.45) is 6.42. The Balaban J connectivity index is 1.99. The van der Waals surface area contributed by atoms with Crippen LogP contribution in [0.5, 0.6) is 0 Å². The summed E-state index contributed by atoms with van der Waals surface area (Å²) in [7, 11) is 1.99. The van der Waals surface area contributed by atoms with Crippen LogP contribution in [0.15, 0.2) is 0 Å². The van der Waals surface area contributed by atoms with Crippen LogP contribution >= 0.6 is 10.7 Å². The number of ether oxygens (including phenoxy) is 2. The van der Waals surface area contributed by atoms with E-state index >= 15 is 0 Å². The molecule has 6 heteroatoms. The number of hydrogen-bond acceptors (Lipinski definition) is 4. The highest BCUT2D eigenvalue weighted by molar-refractivity contribution is 8.13. The Hall–Kier alpha value is 0.160. The zero-order chi connectivity index (χ0) is 13.1. The molecule has 0 aromatic carbocycles. The third-order valence-corrected chi connectivity index (χ3v) is 5.16. The minimum Gasteiger partial charge on any atom is -0.376 e. The summed E-state index contributed by atoms with van der Waals surface area (Å²) in [5.74, 6) is 0.0368. The van der Waals surface area contributed by atoms with Crippen molar-refractivity contribution in [3.63, 3.8) is 0 Å². The Morgan fingerprint density at radius 1 is 1.17 bits per heavy atom. The summed E-state index contributed by atoms with van der Waals surface area (Å²) >= 11 is 0. The fourth-order valence-electron chi connectivity index (χ4n) is 2.78. The van der Waals surface area contributed by atoms with Crippen molar-refractivity contribution in [2.75, 3.05) is 25.6 Å². The second-order valence-corrected chi connectivity index (χ2v) is 8.34. The average molecular weight is 297 g/mol. The molecule has 0 radical (unpaired) electrons. The van der Waals surface area contributed by atoms with Crippen LogP contribution in [0.3, 0.4) is 0 Å². The maximum atomic E-state index is 11.4. The third-order valence-electron chi connectivity index (χ3n) is 3.88. The molecule has 18 heavy (non-hydrogen) atoms. The van der Waals surface area contributed by atoms with E-state index in [1.165, 1.54) is 12.8 Å². The molecule has 0 spiro atoms. The van der Waals surface area contributed by atoms with Crippen LogP contribution in [-0.4, -0.2) is 40.1 Å². The molecular weight excluding hydrogens is 276 g/mol. The summed E-state index contributed by atoms with van der Waals surface area (Å²) in [4.78, 5) is 0. The second-order valence-electron chi connectivity index (χ2n) is 5.57. The van der Waals surface area contributed by atoms with Crippen LogP contribution in [0.2, 0.25) is 0 Å². The Labute approximate surface area is 113 Å². The zero-order valence-corrected chi connectivity index (χ0v) is 12.1. The predicted molar refractivity (Wildman–Crippen MR) is 70.3 cm³/mol. The molecule has 2 aliphatic rings. The maximum absolute atomic E-state index is 11.4. The van der Waals surface area contributed by atoms with E-state index in [9.17, 15) is 8.42 Å². The first-order valence-electron chi connectivity index (χ1n) is 6.61. The van der Waals surface area contributed by atoms with E-state index in [1.807, 2.05) is 0 Å². The van der Waals surface area contributed by atoms with Crippen molar-refractivity contribution in [2.24, 2.45) is 5.41 Å².